The SMILES string of the molecule is CC(C)CCC1CCc2ccccc2C1Cl. The van der Waals surface area contributed by atoms with Gasteiger partial charge in [-0.05, 0) is 42.2 Å². The van der Waals surface area contributed by atoms with Gasteiger partial charge in [-0.1, -0.05) is 44.5 Å². The Hall–Kier alpha value is -0.490. The molecule has 0 saturated heterocycles. The van der Waals surface area contributed by atoms with Crippen molar-refractivity contribution >= 4 is 11.6 Å². The highest BCUT2D eigenvalue weighted by molar-refractivity contribution is 6.21. The second kappa shape index (κ2) is 5.23. The predicted molar refractivity (Wildman–Crippen MR) is 70.9 cm³/mol. The highest BCUT2D eigenvalue weighted by atomic mass is 35.5. The van der Waals surface area contributed by atoms with E-state index in [-0.39, 0.29) is 5.38 Å². The number of benzene rings is 1. The molecular formula is C15H21Cl. The number of alkyl halides is 1. The lowest BCUT2D eigenvalue weighted by molar-refractivity contribution is 0.375. The van der Waals surface area contributed by atoms with Gasteiger partial charge < -0.3 is 0 Å². The molecule has 0 saturated carbocycles. The van der Waals surface area contributed by atoms with Gasteiger partial charge in [0, 0.05) is 0 Å². The van der Waals surface area contributed by atoms with Crippen LogP contribution in [-0.4, -0.2) is 0 Å². The monoisotopic (exact) mass is 236 g/mol. The van der Waals surface area contributed by atoms with E-state index in [1.54, 1.807) is 0 Å². The number of hydrogen-bond donors (Lipinski definition) is 0. The highest BCUT2D eigenvalue weighted by Crippen LogP contribution is 2.41. The summed E-state index contributed by atoms with van der Waals surface area (Å²) in [5.41, 5.74) is 2.84. The van der Waals surface area contributed by atoms with E-state index in [1.807, 2.05) is 0 Å². The number of hydrogen-bond acceptors (Lipinski definition) is 0. The van der Waals surface area contributed by atoms with E-state index in [4.69, 9.17) is 11.6 Å². The second-order valence-corrected chi connectivity index (χ2v) is 5.84. The molecule has 0 spiro atoms. The average Bonchev–Trinajstić information content (AvgIpc) is 2.28. The van der Waals surface area contributed by atoms with Crippen LogP contribution in [0.5, 0.6) is 0 Å². The van der Waals surface area contributed by atoms with Gasteiger partial charge >= 0.3 is 0 Å². The normalized spacial score (nSPS) is 24.5. The fourth-order valence-corrected chi connectivity index (χ4v) is 3.07. The molecule has 0 aliphatic heterocycles. The van der Waals surface area contributed by atoms with Gasteiger partial charge in [0.2, 0.25) is 0 Å². The van der Waals surface area contributed by atoms with Gasteiger partial charge in [0.15, 0.2) is 0 Å². The van der Waals surface area contributed by atoms with Crippen molar-refractivity contribution in [3.05, 3.63) is 35.4 Å². The van der Waals surface area contributed by atoms with Gasteiger partial charge in [-0.15, -0.1) is 11.6 Å². The smallest absolute Gasteiger partial charge is 0.0616 e. The van der Waals surface area contributed by atoms with Crippen LogP contribution in [0, 0.1) is 11.8 Å². The van der Waals surface area contributed by atoms with Crippen LogP contribution >= 0.6 is 11.6 Å². The Morgan fingerprint density at radius 1 is 1.31 bits per heavy atom. The maximum Gasteiger partial charge on any atom is 0.0616 e. The quantitative estimate of drug-likeness (QED) is 0.651. The van der Waals surface area contributed by atoms with Crippen molar-refractivity contribution in [2.24, 2.45) is 11.8 Å². The predicted octanol–water partition coefficient (Wildman–Crippen LogP) is 4.97. The topological polar surface area (TPSA) is 0 Å². The molecule has 0 bridgehead atoms. The summed E-state index contributed by atoms with van der Waals surface area (Å²) in [4.78, 5) is 0. The van der Waals surface area contributed by atoms with Gasteiger partial charge in [0.1, 0.15) is 0 Å². The van der Waals surface area contributed by atoms with Crippen LogP contribution in [-0.2, 0) is 6.42 Å². The standard InChI is InChI=1S/C15H21Cl/c1-11(2)7-8-13-10-9-12-5-3-4-6-14(12)15(13)16/h3-6,11,13,15H,7-10H2,1-2H3. The van der Waals surface area contributed by atoms with Crippen molar-refractivity contribution in [1.29, 1.82) is 0 Å². The Morgan fingerprint density at radius 3 is 2.81 bits per heavy atom. The second-order valence-electron chi connectivity index (χ2n) is 5.37. The minimum Gasteiger partial charge on any atom is -0.118 e. The third-order valence-electron chi connectivity index (χ3n) is 3.67. The van der Waals surface area contributed by atoms with Gasteiger partial charge in [-0.3, -0.25) is 0 Å². The maximum atomic E-state index is 6.60. The third-order valence-corrected chi connectivity index (χ3v) is 4.26. The van der Waals surface area contributed by atoms with E-state index in [1.165, 1.54) is 36.8 Å². The molecule has 0 radical (unpaired) electrons. The fourth-order valence-electron chi connectivity index (χ4n) is 2.61. The minimum atomic E-state index is 0.240. The average molecular weight is 237 g/mol. The lowest BCUT2D eigenvalue weighted by Crippen LogP contribution is -2.17. The van der Waals surface area contributed by atoms with Crippen molar-refractivity contribution in [3.63, 3.8) is 0 Å². The summed E-state index contributed by atoms with van der Waals surface area (Å²) in [6.07, 6.45) is 5.05. The van der Waals surface area contributed by atoms with Crippen LogP contribution in [0.25, 0.3) is 0 Å². The Kier molecular flexibility index (Phi) is 3.91. The summed E-state index contributed by atoms with van der Waals surface area (Å²) in [5.74, 6) is 1.47. The van der Waals surface area contributed by atoms with Gasteiger partial charge in [0.25, 0.3) is 0 Å². The maximum absolute atomic E-state index is 6.60. The van der Waals surface area contributed by atoms with Crippen molar-refractivity contribution < 1.29 is 0 Å². The van der Waals surface area contributed by atoms with E-state index < -0.39 is 0 Å². The third kappa shape index (κ3) is 2.60. The Bertz CT molecular complexity index is 343. The largest absolute Gasteiger partial charge is 0.118 e. The molecule has 1 aliphatic rings. The highest BCUT2D eigenvalue weighted by Gasteiger charge is 2.27. The number of aryl methyl sites for hydroxylation is 1. The van der Waals surface area contributed by atoms with Crippen LogP contribution in [0.2, 0.25) is 0 Å². The molecule has 0 N–H and O–H groups in total. The fraction of sp³-hybridized carbons (Fsp3) is 0.600. The Labute approximate surface area is 104 Å². The first-order chi connectivity index (χ1) is 7.68. The van der Waals surface area contributed by atoms with Crippen molar-refractivity contribution in [3.8, 4) is 0 Å². The van der Waals surface area contributed by atoms with Gasteiger partial charge in [-0.25, -0.2) is 0 Å². The minimum absolute atomic E-state index is 0.240. The van der Waals surface area contributed by atoms with Crippen LogP contribution in [0.1, 0.15) is 49.6 Å². The molecule has 1 heteroatoms. The molecule has 1 aromatic rings. The zero-order valence-corrected chi connectivity index (χ0v) is 11.0. The molecule has 0 aromatic heterocycles. The molecule has 0 heterocycles. The van der Waals surface area contributed by atoms with E-state index in [2.05, 4.69) is 38.1 Å². The zero-order valence-electron chi connectivity index (χ0n) is 10.2. The van der Waals surface area contributed by atoms with Crippen molar-refractivity contribution in [2.75, 3.05) is 0 Å². The summed E-state index contributed by atoms with van der Waals surface area (Å²) in [5, 5.41) is 0.240. The number of halogens is 1. The summed E-state index contributed by atoms with van der Waals surface area (Å²) in [7, 11) is 0. The Balaban J connectivity index is 2.06. The molecular weight excluding hydrogens is 216 g/mol. The molecule has 2 unspecified atom stereocenters. The molecule has 16 heavy (non-hydrogen) atoms. The van der Waals surface area contributed by atoms with E-state index in [9.17, 15) is 0 Å². The molecule has 0 nitrogen and oxygen atoms in total. The molecule has 0 fully saturated rings. The van der Waals surface area contributed by atoms with E-state index in [0.717, 1.165) is 5.92 Å². The molecule has 1 aliphatic carbocycles. The lowest BCUT2D eigenvalue weighted by atomic mass is 9.80. The van der Waals surface area contributed by atoms with E-state index in [0.29, 0.717) is 5.92 Å². The molecule has 2 rings (SSSR count). The van der Waals surface area contributed by atoms with Crippen molar-refractivity contribution in [1.82, 2.24) is 0 Å². The van der Waals surface area contributed by atoms with Crippen LogP contribution in [0.3, 0.4) is 0 Å². The summed E-state index contributed by atoms with van der Waals surface area (Å²) in [6, 6.07) is 8.66. The number of fused-ring (bicyclic) bond motifs is 1. The van der Waals surface area contributed by atoms with Crippen LogP contribution in [0.4, 0.5) is 0 Å². The molecule has 0 amide bonds. The first-order valence-corrected chi connectivity index (χ1v) is 6.84. The molecule has 2 atom stereocenters. The van der Waals surface area contributed by atoms with Crippen molar-refractivity contribution in [2.45, 2.75) is 44.9 Å². The number of rotatable bonds is 3. The van der Waals surface area contributed by atoms with Crippen LogP contribution < -0.4 is 0 Å². The summed E-state index contributed by atoms with van der Waals surface area (Å²) < 4.78 is 0. The van der Waals surface area contributed by atoms with E-state index >= 15 is 0 Å². The molecule has 88 valence electrons. The zero-order chi connectivity index (χ0) is 11.5. The first kappa shape index (κ1) is 12.0. The Morgan fingerprint density at radius 2 is 2.06 bits per heavy atom. The molecule has 1 aromatic carbocycles. The first-order valence-electron chi connectivity index (χ1n) is 6.40. The lowest BCUT2D eigenvalue weighted by Gasteiger charge is -2.30. The summed E-state index contributed by atoms with van der Waals surface area (Å²) >= 11 is 6.60. The van der Waals surface area contributed by atoms with Crippen LogP contribution in [0.15, 0.2) is 24.3 Å². The summed E-state index contributed by atoms with van der Waals surface area (Å²) in [6.45, 7) is 4.58. The van der Waals surface area contributed by atoms with Gasteiger partial charge in [0.05, 0.1) is 5.38 Å². The van der Waals surface area contributed by atoms with Gasteiger partial charge in [-0.2, -0.15) is 0 Å².